The number of Topliss-reactive ketones (excluding diaryl/α,β-unsaturated/α-hetero) is 1. The van der Waals surface area contributed by atoms with Crippen LogP contribution in [0.4, 0.5) is 0 Å². The van der Waals surface area contributed by atoms with Crippen molar-refractivity contribution in [3.05, 3.63) is 0 Å². The molecule has 0 atom stereocenters. The Bertz CT molecular complexity index is 446. The summed E-state index contributed by atoms with van der Waals surface area (Å²) < 4.78 is 10.3. The Labute approximate surface area is 262 Å². The van der Waals surface area contributed by atoms with E-state index in [1.165, 1.54) is 38.5 Å². The monoisotopic (exact) mass is 626 g/mol. The van der Waals surface area contributed by atoms with Gasteiger partial charge in [-0.15, -0.1) is 5.60 Å². The largest absolute Gasteiger partial charge is 1.00 e. The standard InChI is InChI=1S/C8H14O.C7H12O.C4H8O.C4H9O.C3H9IS.K/c1-7-2-4-8(5-3-7)6-9-8;1-6-2-4-7(8)5-3-6;1-2-4-5-3-1;1-4(2,3)5;1-5(2,3)4;/h7H,2-6H2,1H3;6H,2-5H2,1H3;1-4H2;2*1-3H3;/q;;;-1;;+1. The molecule has 4 rings (SSSR count). The molecule has 1 spiro atoms. The Balaban J connectivity index is 0. The van der Waals surface area contributed by atoms with Crippen LogP contribution in [0.3, 0.4) is 0 Å². The molecule has 0 N–H and O–H groups in total. The molecule has 194 valence electrons. The fraction of sp³-hybridized carbons (Fsp3) is 0.962. The number of hydrogen-bond donors (Lipinski definition) is 0. The number of carbonyl (C=O) groups is 1. The van der Waals surface area contributed by atoms with Crippen LogP contribution < -0.4 is 56.5 Å². The first kappa shape index (κ1) is 37.4. The zero-order valence-corrected chi connectivity index (χ0v) is 29.4. The fourth-order valence-corrected chi connectivity index (χ4v) is 3.27. The molecule has 2 heterocycles. The van der Waals surface area contributed by atoms with Gasteiger partial charge in [0, 0.05) is 26.1 Å². The van der Waals surface area contributed by atoms with Crippen LogP contribution in [0.15, 0.2) is 0 Å². The van der Waals surface area contributed by atoms with Crippen molar-refractivity contribution >= 4 is 34.2 Å². The van der Waals surface area contributed by atoms with Crippen LogP contribution in [-0.2, 0) is 14.3 Å². The maximum Gasteiger partial charge on any atom is 1.00 e. The normalized spacial score (nSPS) is 27.1. The van der Waals surface area contributed by atoms with Crippen LogP contribution in [-0.4, -0.2) is 55.6 Å². The van der Waals surface area contributed by atoms with E-state index in [1.54, 1.807) is 20.8 Å². The molecule has 2 aliphatic carbocycles. The third kappa shape index (κ3) is 30.4. The second-order valence-corrected chi connectivity index (χ2v) is 22.8. The van der Waals surface area contributed by atoms with E-state index in [0.717, 1.165) is 57.3 Å². The molecule has 2 saturated carbocycles. The van der Waals surface area contributed by atoms with Gasteiger partial charge in [-0.3, -0.25) is 4.79 Å². The maximum atomic E-state index is 10.6. The molecule has 0 radical (unpaired) electrons. The van der Waals surface area contributed by atoms with Gasteiger partial charge in [0.2, 0.25) is 0 Å². The fourth-order valence-electron chi connectivity index (χ4n) is 3.27. The van der Waals surface area contributed by atoms with E-state index in [0.29, 0.717) is 11.4 Å². The molecule has 2 aliphatic heterocycles. The summed E-state index contributed by atoms with van der Waals surface area (Å²) in [5.41, 5.74) is -0.341. The van der Waals surface area contributed by atoms with Crippen LogP contribution in [0.25, 0.3) is 0 Å². The number of carbonyl (C=O) groups excluding carboxylic acids is 1. The van der Waals surface area contributed by atoms with Gasteiger partial charge in [-0.1, -0.05) is 34.6 Å². The molecule has 2 saturated heterocycles. The summed E-state index contributed by atoms with van der Waals surface area (Å²) in [6, 6.07) is 0. The molecule has 0 unspecified atom stereocenters. The van der Waals surface area contributed by atoms with Crippen LogP contribution in [0.1, 0.15) is 98.8 Å². The Morgan fingerprint density at radius 3 is 1.52 bits per heavy atom. The number of rotatable bonds is 0. The molecule has 0 amide bonds. The number of epoxide rings is 1. The van der Waals surface area contributed by atoms with E-state index in [2.05, 4.69) is 53.8 Å². The molecule has 33 heavy (non-hydrogen) atoms. The van der Waals surface area contributed by atoms with Crippen molar-refractivity contribution in [3.8, 4) is 0 Å². The first-order chi connectivity index (χ1) is 14.6. The zero-order valence-electron chi connectivity index (χ0n) is 23.3. The third-order valence-corrected chi connectivity index (χ3v) is 5.40. The van der Waals surface area contributed by atoms with Crippen molar-refractivity contribution in [2.45, 2.75) is 110 Å². The number of hydrogen-bond acceptors (Lipinski definition) is 4. The Morgan fingerprint density at radius 1 is 0.939 bits per heavy atom. The van der Waals surface area contributed by atoms with Gasteiger partial charge in [-0.25, -0.2) is 0 Å². The third-order valence-electron chi connectivity index (χ3n) is 5.40. The summed E-state index contributed by atoms with van der Waals surface area (Å²) in [6.07, 6.45) is 18.7. The number of ketones is 1. The molecule has 0 aromatic heterocycles. The molecule has 0 aromatic carbocycles. The van der Waals surface area contributed by atoms with Gasteiger partial charge in [0.25, 0.3) is 0 Å². The minimum atomic E-state index is -0.750. The van der Waals surface area contributed by atoms with Gasteiger partial charge in [0.15, 0.2) is 0 Å². The quantitative estimate of drug-likeness (QED) is 0.234. The molecular weight excluding hydrogens is 574 g/mol. The molecule has 7 heteroatoms. The van der Waals surface area contributed by atoms with Crippen LogP contribution in [0.5, 0.6) is 0 Å². The van der Waals surface area contributed by atoms with E-state index >= 15 is 0 Å². The SMILES string of the molecule is C1CCOC1.CC(C)(C)[O-].CC1CCC(=O)CC1.CC1CCC2(CC1)CO2.CS(C)(C)I.[K+]. The van der Waals surface area contributed by atoms with E-state index in [9.17, 15) is 9.90 Å². The van der Waals surface area contributed by atoms with Crippen molar-refractivity contribution in [2.75, 3.05) is 38.6 Å². The summed E-state index contributed by atoms with van der Waals surface area (Å²) in [6.45, 7) is 12.5. The minimum Gasteiger partial charge on any atom is -0.850 e. The molecule has 4 fully saturated rings. The molecule has 0 bridgehead atoms. The second-order valence-electron chi connectivity index (χ2n) is 11.5. The molecule has 4 nitrogen and oxygen atoms in total. The maximum absolute atomic E-state index is 10.6. The van der Waals surface area contributed by atoms with E-state index < -0.39 is 5.60 Å². The Kier molecular flexibility index (Phi) is 21.9. The van der Waals surface area contributed by atoms with Gasteiger partial charge >= 0.3 is 51.4 Å². The molecular formula is C26H52IKO4S. The first-order valence-electron chi connectivity index (χ1n) is 12.4. The predicted octanol–water partition coefficient (Wildman–Crippen LogP) is 3.71. The van der Waals surface area contributed by atoms with Crippen molar-refractivity contribution in [1.82, 2.24) is 0 Å². The topological polar surface area (TPSA) is 61.9 Å². The van der Waals surface area contributed by atoms with E-state index in [1.807, 2.05) is 0 Å². The predicted molar refractivity (Wildman–Crippen MR) is 148 cm³/mol. The van der Waals surface area contributed by atoms with Crippen LogP contribution in [0.2, 0.25) is 0 Å². The zero-order chi connectivity index (χ0) is 24.8. The van der Waals surface area contributed by atoms with Crippen LogP contribution >= 0.6 is 28.4 Å². The number of ether oxygens (including phenoxy) is 2. The summed E-state index contributed by atoms with van der Waals surface area (Å²) in [4.78, 5) is 10.6. The average molecular weight is 627 g/mol. The van der Waals surface area contributed by atoms with Gasteiger partial charge in [0.1, 0.15) is 5.78 Å². The summed E-state index contributed by atoms with van der Waals surface area (Å²) in [5, 5.41) is 10.1. The van der Waals surface area contributed by atoms with Crippen molar-refractivity contribution in [3.63, 3.8) is 0 Å². The van der Waals surface area contributed by atoms with E-state index in [-0.39, 0.29) is 58.6 Å². The average Bonchev–Trinajstić information content (AvgIpc) is 3.13. The Morgan fingerprint density at radius 2 is 1.27 bits per heavy atom. The summed E-state index contributed by atoms with van der Waals surface area (Å²) in [7, 11) is -0.197. The summed E-state index contributed by atoms with van der Waals surface area (Å²) >= 11 is 2.46. The van der Waals surface area contributed by atoms with Crippen molar-refractivity contribution in [1.29, 1.82) is 0 Å². The van der Waals surface area contributed by atoms with Crippen molar-refractivity contribution in [2.24, 2.45) is 11.8 Å². The smallest absolute Gasteiger partial charge is 0.850 e. The van der Waals surface area contributed by atoms with Crippen molar-refractivity contribution < 1.29 is 70.8 Å². The van der Waals surface area contributed by atoms with Gasteiger partial charge in [0.05, 0.1) is 12.2 Å². The molecule has 4 aliphatic rings. The van der Waals surface area contributed by atoms with Gasteiger partial charge in [-0.05, 0) is 103 Å². The van der Waals surface area contributed by atoms with Crippen LogP contribution in [0, 0.1) is 11.8 Å². The first-order valence-corrected chi connectivity index (χ1v) is 17.8. The van der Waals surface area contributed by atoms with Gasteiger partial charge in [-0.2, -0.15) is 7.20 Å². The van der Waals surface area contributed by atoms with E-state index in [4.69, 9.17) is 9.47 Å². The van der Waals surface area contributed by atoms with Gasteiger partial charge < -0.3 is 14.6 Å². The summed E-state index contributed by atoms with van der Waals surface area (Å²) in [5.74, 6) is 2.22. The number of halogens is 1. The minimum absolute atomic E-state index is 0. The Hall–Kier alpha value is 2.27. The molecule has 0 aromatic rings. The second kappa shape index (κ2) is 19.4.